The fourth-order valence-electron chi connectivity index (χ4n) is 1.58. The van der Waals surface area contributed by atoms with Crippen LogP contribution in [0.3, 0.4) is 0 Å². The van der Waals surface area contributed by atoms with Crippen LogP contribution in [0.2, 0.25) is 0 Å². The van der Waals surface area contributed by atoms with Gasteiger partial charge >= 0.3 is 0 Å². The van der Waals surface area contributed by atoms with Crippen molar-refractivity contribution in [3.8, 4) is 0 Å². The number of hydrogen-bond acceptors (Lipinski definition) is 3. The van der Waals surface area contributed by atoms with Gasteiger partial charge in [0.2, 0.25) is 17.7 Å². The van der Waals surface area contributed by atoms with E-state index in [-0.39, 0.29) is 23.6 Å². The first kappa shape index (κ1) is 11.7. The van der Waals surface area contributed by atoms with Crippen molar-refractivity contribution in [2.45, 2.75) is 26.7 Å². The minimum absolute atomic E-state index is 0.0946. The number of rotatable bonds is 4. The Bertz CT molecular complexity index is 288. The lowest BCUT2D eigenvalue weighted by atomic mass is 10.1. The van der Waals surface area contributed by atoms with Crippen molar-refractivity contribution in [1.82, 2.24) is 10.2 Å². The number of carbonyl (C=O) groups is 3. The van der Waals surface area contributed by atoms with Gasteiger partial charge in [-0.15, -0.1) is 0 Å². The summed E-state index contributed by atoms with van der Waals surface area (Å²) in [6.07, 6.45) is 0.933. The maximum absolute atomic E-state index is 11.5. The summed E-state index contributed by atoms with van der Waals surface area (Å²) < 4.78 is 0. The molecule has 1 atom stereocenters. The molecular weight excluding hydrogens is 196 g/mol. The van der Waals surface area contributed by atoms with Crippen LogP contribution in [0, 0.1) is 5.92 Å². The zero-order valence-electron chi connectivity index (χ0n) is 9.08. The molecule has 1 aliphatic rings. The van der Waals surface area contributed by atoms with Crippen LogP contribution in [0.5, 0.6) is 0 Å². The predicted molar refractivity (Wildman–Crippen MR) is 53.8 cm³/mol. The lowest BCUT2D eigenvalue weighted by Crippen LogP contribution is -2.33. The molecule has 0 aromatic rings. The molecule has 84 valence electrons. The van der Waals surface area contributed by atoms with E-state index >= 15 is 0 Å². The predicted octanol–water partition coefficient (Wildman–Crippen LogP) is -0.0924. The van der Waals surface area contributed by atoms with E-state index in [1.807, 2.05) is 0 Å². The Morgan fingerprint density at radius 2 is 2.20 bits per heavy atom. The van der Waals surface area contributed by atoms with E-state index in [1.54, 1.807) is 6.92 Å². The molecule has 1 N–H and O–H groups in total. The molecule has 5 nitrogen and oxygen atoms in total. The fourth-order valence-corrected chi connectivity index (χ4v) is 1.58. The highest BCUT2D eigenvalue weighted by Gasteiger charge is 2.34. The Balaban J connectivity index is 2.29. The van der Waals surface area contributed by atoms with Crippen molar-refractivity contribution >= 4 is 17.7 Å². The number of imide groups is 1. The molecule has 0 aromatic carbocycles. The van der Waals surface area contributed by atoms with E-state index in [9.17, 15) is 14.4 Å². The zero-order valence-corrected chi connectivity index (χ0v) is 9.08. The SMILES string of the molecule is CC(=O)NCCCN1C(=O)C[C@H](C)C1=O. The Morgan fingerprint density at radius 3 is 2.67 bits per heavy atom. The van der Waals surface area contributed by atoms with Crippen molar-refractivity contribution in [2.75, 3.05) is 13.1 Å². The molecule has 1 rings (SSSR count). The highest BCUT2D eigenvalue weighted by atomic mass is 16.2. The van der Waals surface area contributed by atoms with Crippen molar-refractivity contribution < 1.29 is 14.4 Å². The second-order valence-corrected chi connectivity index (χ2v) is 3.83. The number of hydrogen-bond donors (Lipinski definition) is 1. The minimum Gasteiger partial charge on any atom is -0.356 e. The average Bonchev–Trinajstić information content (AvgIpc) is 2.37. The summed E-state index contributed by atoms with van der Waals surface area (Å²) in [6.45, 7) is 4.10. The second-order valence-electron chi connectivity index (χ2n) is 3.83. The molecule has 3 amide bonds. The fraction of sp³-hybridized carbons (Fsp3) is 0.700. The van der Waals surface area contributed by atoms with Crippen molar-refractivity contribution in [3.05, 3.63) is 0 Å². The van der Waals surface area contributed by atoms with Crippen LogP contribution in [0.15, 0.2) is 0 Å². The maximum atomic E-state index is 11.5. The lowest BCUT2D eigenvalue weighted by molar-refractivity contribution is -0.139. The molecule has 1 saturated heterocycles. The number of amides is 3. The van der Waals surface area contributed by atoms with E-state index in [0.29, 0.717) is 25.9 Å². The van der Waals surface area contributed by atoms with Gasteiger partial charge < -0.3 is 5.32 Å². The molecule has 0 spiro atoms. The van der Waals surface area contributed by atoms with E-state index < -0.39 is 0 Å². The van der Waals surface area contributed by atoms with Gasteiger partial charge in [0, 0.05) is 32.4 Å². The Labute approximate surface area is 88.8 Å². The van der Waals surface area contributed by atoms with Gasteiger partial charge in [-0.2, -0.15) is 0 Å². The average molecular weight is 212 g/mol. The first-order valence-corrected chi connectivity index (χ1v) is 5.11. The van der Waals surface area contributed by atoms with Gasteiger partial charge in [-0.3, -0.25) is 19.3 Å². The molecule has 0 radical (unpaired) electrons. The molecule has 0 unspecified atom stereocenters. The van der Waals surface area contributed by atoms with Gasteiger partial charge in [0.05, 0.1) is 0 Å². The molecule has 1 fully saturated rings. The summed E-state index contributed by atoms with van der Waals surface area (Å²) in [6, 6.07) is 0. The summed E-state index contributed by atoms with van der Waals surface area (Å²) in [5, 5.41) is 2.62. The third kappa shape index (κ3) is 3.04. The summed E-state index contributed by atoms with van der Waals surface area (Å²) in [5.74, 6) is -0.473. The quantitative estimate of drug-likeness (QED) is 0.523. The summed E-state index contributed by atoms with van der Waals surface area (Å²) in [7, 11) is 0. The Hall–Kier alpha value is -1.39. The van der Waals surface area contributed by atoms with Crippen LogP contribution in [0.25, 0.3) is 0 Å². The largest absolute Gasteiger partial charge is 0.356 e. The molecule has 5 heteroatoms. The third-order valence-corrected chi connectivity index (χ3v) is 2.40. The highest BCUT2D eigenvalue weighted by molar-refractivity contribution is 6.03. The molecule has 0 bridgehead atoms. The number of likely N-dealkylation sites (tertiary alicyclic amines) is 1. The number of nitrogens with zero attached hydrogens (tertiary/aromatic N) is 1. The third-order valence-electron chi connectivity index (χ3n) is 2.40. The molecule has 1 heterocycles. The van der Waals surface area contributed by atoms with Crippen molar-refractivity contribution in [3.63, 3.8) is 0 Å². The molecule has 0 aliphatic carbocycles. The van der Waals surface area contributed by atoms with Crippen LogP contribution in [0.4, 0.5) is 0 Å². The minimum atomic E-state index is -0.182. The molecule has 15 heavy (non-hydrogen) atoms. The highest BCUT2D eigenvalue weighted by Crippen LogP contribution is 2.18. The van der Waals surface area contributed by atoms with Crippen LogP contribution in [-0.4, -0.2) is 35.7 Å². The summed E-state index contributed by atoms with van der Waals surface area (Å²) in [5.41, 5.74) is 0. The van der Waals surface area contributed by atoms with E-state index in [1.165, 1.54) is 11.8 Å². The molecular formula is C10H16N2O3. The monoisotopic (exact) mass is 212 g/mol. The van der Waals surface area contributed by atoms with Gasteiger partial charge in [-0.1, -0.05) is 6.92 Å². The number of nitrogens with one attached hydrogen (secondary N) is 1. The Kier molecular flexibility index (Phi) is 3.82. The van der Waals surface area contributed by atoms with E-state index in [4.69, 9.17) is 0 Å². The smallest absolute Gasteiger partial charge is 0.232 e. The van der Waals surface area contributed by atoms with Crippen LogP contribution < -0.4 is 5.32 Å². The normalized spacial score (nSPS) is 20.9. The van der Waals surface area contributed by atoms with Crippen LogP contribution in [-0.2, 0) is 14.4 Å². The van der Waals surface area contributed by atoms with Gasteiger partial charge in [0.1, 0.15) is 0 Å². The van der Waals surface area contributed by atoms with E-state index in [2.05, 4.69) is 5.32 Å². The molecule has 0 saturated carbocycles. The van der Waals surface area contributed by atoms with Gasteiger partial charge in [0.25, 0.3) is 0 Å². The van der Waals surface area contributed by atoms with Gasteiger partial charge in [0.15, 0.2) is 0 Å². The van der Waals surface area contributed by atoms with Crippen molar-refractivity contribution in [1.29, 1.82) is 0 Å². The van der Waals surface area contributed by atoms with Crippen molar-refractivity contribution in [2.24, 2.45) is 5.92 Å². The Morgan fingerprint density at radius 1 is 1.53 bits per heavy atom. The topological polar surface area (TPSA) is 66.5 Å². The zero-order chi connectivity index (χ0) is 11.4. The summed E-state index contributed by atoms with van der Waals surface area (Å²) in [4.78, 5) is 34.6. The lowest BCUT2D eigenvalue weighted by Gasteiger charge is -2.13. The standard InChI is InChI=1S/C10H16N2O3/c1-7-6-9(14)12(10(7)15)5-3-4-11-8(2)13/h7H,3-6H2,1-2H3,(H,11,13)/t7-/m0/s1. The first-order chi connectivity index (χ1) is 7.02. The summed E-state index contributed by atoms with van der Waals surface area (Å²) >= 11 is 0. The first-order valence-electron chi connectivity index (χ1n) is 5.11. The maximum Gasteiger partial charge on any atom is 0.232 e. The molecule has 1 aliphatic heterocycles. The van der Waals surface area contributed by atoms with Gasteiger partial charge in [-0.05, 0) is 6.42 Å². The van der Waals surface area contributed by atoms with Crippen LogP contribution >= 0.6 is 0 Å². The van der Waals surface area contributed by atoms with Crippen LogP contribution in [0.1, 0.15) is 26.7 Å². The number of carbonyl (C=O) groups excluding carboxylic acids is 3. The van der Waals surface area contributed by atoms with E-state index in [0.717, 1.165) is 0 Å². The second kappa shape index (κ2) is 4.91. The van der Waals surface area contributed by atoms with Gasteiger partial charge in [-0.25, -0.2) is 0 Å². The molecule has 0 aromatic heterocycles.